The van der Waals surface area contributed by atoms with Crippen LogP contribution in [0, 0.1) is 17.3 Å². The molecule has 0 radical (unpaired) electrons. The molecule has 4 aliphatic heterocycles. The Morgan fingerprint density at radius 3 is 2.48 bits per heavy atom. The SMILES string of the molecule is CN1CCN(CC2CCNCC23CCCN(CCC2CCNCC2)C3)CC1. The average Bonchev–Trinajstić information content (AvgIpc) is 2.71. The van der Waals surface area contributed by atoms with Crippen LogP contribution in [0.2, 0.25) is 0 Å². The van der Waals surface area contributed by atoms with E-state index in [1.807, 2.05) is 0 Å². The minimum atomic E-state index is 0.536. The van der Waals surface area contributed by atoms with Gasteiger partial charge in [0.25, 0.3) is 0 Å². The van der Waals surface area contributed by atoms with Gasteiger partial charge in [-0.1, -0.05) is 0 Å². The van der Waals surface area contributed by atoms with Crippen molar-refractivity contribution in [2.24, 2.45) is 17.3 Å². The summed E-state index contributed by atoms with van der Waals surface area (Å²) in [6.07, 6.45) is 8.46. The Labute approximate surface area is 167 Å². The van der Waals surface area contributed by atoms with Crippen molar-refractivity contribution in [3.05, 3.63) is 0 Å². The highest BCUT2D eigenvalue weighted by Gasteiger charge is 2.44. The van der Waals surface area contributed by atoms with E-state index in [1.54, 1.807) is 0 Å². The van der Waals surface area contributed by atoms with Crippen molar-refractivity contribution in [1.82, 2.24) is 25.3 Å². The summed E-state index contributed by atoms with van der Waals surface area (Å²) in [4.78, 5) is 8.10. The predicted molar refractivity (Wildman–Crippen MR) is 113 cm³/mol. The Hall–Kier alpha value is -0.200. The van der Waals surface area contributed by atoms with E-state index in [2.05, 4.69) is 32.4 Å². The summed E-state index contributed by atoms with van der Waals surface area (Å²) in [5.41, 5.74) is 0.536. The van der Waals surface area contributed by atoms with Crippen LogP contribution < -0.4 is 10.6 Å². The largest absolute Gasteiger partial charge is 0.317 e. The van der Waals surface area contributed by atoms with Crippen LogP contribution in [0.25, 0.3) is 0 Å². The molecule has 1 spiro atoms. The summed E-state index contributed by atoms with van der Waals surface area (Å²) in [7, 11) is 2.27. The maximum Gasteiger partial charge on any atom is 0.0110 e. The van der Waals surface area contributed by atoms with E-state index in [1.165, 1.54) is 117 Å². The van der Waals surface area contributed by atoms with E-state index in [0.29, 0.717) is 5.41 Å². The molecule has 4 fully saturated rings. The van der Waals surface area contributed by atoms with Crippen LogP contribution in [-0.4, -0.2) is 100 Å². The van der Waals surface area contributed by atoms with Crippen molar-refractivity contribution in [2.45, 2.75) is 38.5 Å². The normalized spacial score (nSPS) is 35.7. The number of piperidine rings is 3. The minimum Gasteiger partial charge on any atom is -0.317 e. The van der Waals surface area contributed by atoms with Gasteiger partial charge < -0.3 is 25.3 Å². The van der Waals surface area contributed by atoms with Crippen molar-refractivity contribution >= 4 is 0 Å². The number of rotatable bonds is 5. The van der Waals surface area contributed by atoms with Crippen molar-refractivity contribution in [3.8, 4) is 0 Å². The van der Waals surface area contributed by atoms with Crippen LogP contribution in [0.1, 0.15) is 38.5 Å². The van der Waals surface area contributed by atoms with E-state index >= 15 is 0 Å². The molecule has 0 aromatic carbocycles. The molecule has 4 saturated heterocycles. The summed E-state index contributed by atoms with van der Waals surface area (Å²) in [5, 5.41) is 7.30. The zero-order valence-corrected chi connectivity index (χ0v) is 17.7. The van der Waals surface area contributed by atoms with E-state index in [9.17, 15) is 0 Å². The maximum absolute atomic E-state index is 3.78. The number of hydrogen-bond acceptors (Lipinski definition) is 5. The third kappa shape index (κ3) is 5.24. The summed E-state index contributed by atoms with van der Waals surface area (Å²) in [6.45, 7) is 15.4. The molecule has 4 heterocycles. The molecule has 4 rings (SSSR count). The van der Waals surface area contributed by atoms with Gasteiger partial charge in [-0.05, 0) is 95.5 Å². The summed E-state index contributed by atoms with van der Waals surface area (Å²) < 4.78 is 0. The zero-order chi connectivity index (χ0) is 18.5. The van der Waals surface area contributed by atoms with Gasteiger partial charge in [0, 0.05) is 45.8 Å². The highest BCUT2D eigenvalue weighted by Crippen LogP contribution is 2.41. The molecular weight excluding hydrogens is 334 g/mol. The molecule has 5 heteroatoms. The number of nitrogens with one attached hydrogen (secondary N) is 2. The second kappa shape index (κ2) is 9.53. The van der Waals surface area contributed by atoms with Gasteiger partial charge in [-0.3, -0.25) is 0 Å². The van der Waals surface area contributed by atoms with Crippen LogP contribution in [0.4, 0.5) is 0 Å². The number of likely N-dealkylation sites (N-methyl/N-ethyl adjacent to an activating group) is 1. The smallest absolute Gasteiger partial charge is 0.0110 e. The molecule has 27 heavy (non-hydrogen) atoms. The summed E-state index contributed by atoms with van der Waals surface area (Å²) in [6, 6.07) is 0. The van der Waals surface area contributed by atoms with E-state index in [4.69, 9.17) is 0 Å². The number of nitrogens with zero attached hydrogens (tertiary/aromatic N) is 3. The molecule has 4 aliphatic rings. The molecule has 5 nitrogen and oxygen atoms in total. The van der Waals surface area contributed by atoms with Crippen LogP contribution in [0.15, 0.2) is 0 Å². The average molecular weight is 378 g/mol. The monoisotopic (exact) mass is 377 g/mol. The third-order valence-corrected chi connectivity index (χ3v) is 8.09. The Bertz CT molecular complexity index is 440. The Morgan fingerprint density at radius 1 is 0.889 bits per heavy atom. The number of likely N-dealkylation sites (tertiary alicyclic amines) is 1. The summed E-state index contributed by atoms with van der Waals surface area (Å²) >= 11 is 0. The van der Waals surface area contributed by atoms with Gasteiger partial charge in [0.2, 0.25) is 0 Å². The molecule has 0 bridgehead atoms. The van der Waals surface area contributed by atoms with Gasteiger partial charge in [0.15, 0.2) is 0 Å². The highest BCUT2D eigenvalue weighted by atomic mass is 15.2. The maximum atomic E-state index is 3.78. The molecule has 2 unspecified atom stereocenters. The minimum absolute atomic E-state index is 0.536. The molecular formula is C22H43N5. The van der Waals surface area contributed by atoms with E-state index in [0.717, 1.165) is 11.8 Å². The fourth-order valence-corrected chi connectivity index (χ4v) is 6.15. The van der Waals surface area contributed by atoms with Gasteiger partial charge in [-0.2, -0.15) is 0 Å². The first-order chi connectivity index (χ1) is 13.2. The molecule has 0 amide bonds. The Morgan fingerprint density at radius 2 is 1.67 bits per heavy atom. The van der Waals surface area contributed by atoms with Crippen molar-refractivity contribution in [2.75, 3.05) is 85.6 Å². The topological polar surface area (TPSA) is 33.8 Å². The lowest BCUT2D eigenvalue weighted by atomic mass is 9.66. The molecule has 0 aromatic heterocycles. The first-order valence-corrected chi connectivity index (χ1v) is 11.8. The highest BCUT2D eigenvalue weighted by molar-refractivity contribution is 4.98. The molecule has 0 saturated carbocycles. The van der Waals surface area contributed by atoms with Gasteiger partial charge in [0.1, 0.15) is 0 Å². The van der Waals surface area contributed by atoms with Crippen LogP contribution in [-0.2, 0) is 0 Å². The van der Waals surface area contributed by atoms with E-state index < -0.39 is 0 Å². The van der Waals surface area contributed by atoms with Crippen molar-refractivity contribution in [3.63, 3.8) is 0 Å². The standard InChI is InChI=1S/C22H43N5/c1-25-13-15-26(16-14-25)17-21-5-10-24-18-22(21)7-2-11-27(19-22)12-6-20-3-8-23-9-4-20/h20-21,23-24H,2-19H2,1H3. The molecule has 0 aromatic rings. The first kappa shape index (κ1) is 20.1. The fraction of sp³-hybridized carbons (Fsp3) is 1.00. The lowest BCUT2D eigenvalue weighted by Crippen LogP contribution is -2.59. The van der Waals surface area contributed by atoms with Gasteiger partial charge >= 0.3 is 0 Å². The predicted octanol–water partition coefficient (Wildman–Crippen LogP) is 1.32. The second-order valence-corrected chi connectivity index (χ2v) is 9.99. The van der Waals surface area contributed by atoms with Gasteiger partial charge in [-0.25, -0.2) is 0 Å². The summed E-state index contributed by atoms with van der Waals surface area (Å²) in [5.74, 6) is 1.86. The molecule has 2 N–H and O–H groups in total. The van der Waals surface area contributed by atoms with Crippen LogP contribution in [0.5, 0.6) is 0 Å². The van der Waals surface area contributed by atoms with Crippen LogP contribution in [0.3, 0.4) is 0 Å². The van der Waals surface area contributed by atoms with Gasteiger partial charge in [-0.15, -0.1) is 0 Å². The number of piperazine rings is 1. The fourth-order valence-electron chi connectivity index (χ4n) is 6.15. The zero-order valence-electron chi connectivity index (χ0n) is 17.7. The van der Waals surface area contributed by atoms with Crippen molar-refractivity contribution < 1.29 is 0 Å². The lowest BCUT2D eigenvalue weighted by molar-refractivity contribution is -0.00942. The van der Waals surface area contributed by atoms with E-state index in [-0.39, 0.29) is 0 Å². The molecule has 2 atom stereocenters. The van der Waals surface area contributed by atoms with Gasteiger partial charge in [0.05, 0.1) is 0 Å². The lowest BCUT2D eigenvalue weighted by Gasteiger charge is -2.52. The third-order valence-electron chi connectivity index (χ3n) is 8.09. The quantitative estimate of drug-likeness (QED) is 0.755. The second-order valence-electron chi connectivity index (χ2n) is 9.99. The number of hydrogen-bond donors (Lipinski definition) is 2. The Kier molecular flexibility index (Phi) is 7.09. The molecule has 156 valence electrons. The Balaban J connectivity index is 1.32. The van der Waals surface area contributed by atoms with Crippen LogP contribution >= 0.6 is 0 Å². The first-order valence-electron chi connectivity index (χ1n) is 11.8. The van der Waals surface area contributed by atoms with Crippen molar-refractivity contribution in [1.29, 1.82) is 0 Å². The molecule has 0 aliphatic carbocycles.